The Labute approximate surface area is 205 Å². The van der Waals surface area contributed by atoms with Crippen molar-refractivity contribution in [1.29, 1.82) is 0 Å². The third-order valence-electron chi connectivity index (χ3n) is 6.17. The normalized spacial score (nSPS) is 23.9. The molecule has 34 heavy (non-hydrogen) atoms. The maximum atomic E-state index is 12.9. The summed E-state index contributed by atoms with van der Waals surface area (Å²) in [4.78, 5) is 18.6. The van der Waals surface area contributed by atoms with Crippen LogP contribution in [0.1, 0.15) is 24.8 Å². The number of amides is 2. The minimum Gasteiger partial charge on any atom is -0.379 e. The van der Waals surface area contributed by atoms with Gasteiger partial charge in [-0.2, -0.15) is 0 Å². The van der Waals surface area contributed by atoms with Gasteiger partial charge in [0.05, 0.1) is 23.5 Å². The van der Waals surface area contributed by atoms with Gasteiger partial charge in [0.2, 0.25) is 10.0 Å². The van der Waals surface area contributed by atoms with Gasteiger partial charge in [0.1, 0.15) is 0 Å². The van der Waals surface area contributed by atoms with Crippen molar-refractivity contribution in [2.45, 2.75) is 48.2 Å². The average molecular weight is 508 g/mol. The molecule has 9 nitrogen and oxygen atoms in total. The zero-order chi connectivity index (χ0) is 24.0. The number of sulfonamides is 1. The fourth-order valence-corrected chi connectivity index (χ4v) is 6.18. The van der Waals surface area contributed by atoms with Gasteiger partial charge in [-0.25, -0.2) is 17.9 Å². The van der Waals surface area contributed by atoms with Crippen LogP contribution in [-0.2, 0) is 21.3 Å². The van der Waals surface area contributed by atoms with Crippen LogP contribution in [0.3, 0.4) is 0 Å². The number of anilines is 1. The van der Waals surface area contributed by atoms with Gasteiger partial charge in [-0.1, -0.05) is 6.07 Å². The van der Waals surface area contributed by atoms with Crippen molar-refractivity contribution in [3.05, 3.63) is 54.4 Å². The second kappa shape index (κ2) is 11.5. The molecule has 0 radical (unpaired) electrons. The number of urea groups is 1. The smallest absolute Gasteiger partial charge is 0.319 e. The standard InChI is InChI=1S/C23H30ClN5O4S/c24-21-14-19(5-8-22(21)29-10-12-33-13-11-29)28-34(31,32)20-6-3-18(4-7-20)27-23(30)26-16-17-2-1-9-25-15-17/h1-4,6-7,9,15,19,21-22,28H,5,8,10-14,16H2,(H2,26,27,30). The van der Waals surface area contributed by atoms with E-state index >= 15 is 0 Å². The van der Waals surface area contributed by atoms with E-state index in [-0.39, 0.29) is 28.4 Å². The molecular weight excluding hydrogens is 478 g/mol. The molecule has 3 atom stereocenters. The summed E-state index contributed by atoms with van der Waals surface area (Å²) < 4.78 is 34.0. The molecule has 1 aliphatic heterocycles. The van der Waals surface area contributed by atoms with Gasteiger partial charge in [-0.05, 0) is 55.2 Å². The summed E-state index contributed by atoms with van der Waals surface area (Å²) in [6.07, 6.45) is 5.51. The van der Waals surface area contributed by atoms with Crippen molar-refractivity contribution < 1.29 is 17.9 Å². The Kier molecular flexibility index (Phi) is 8.38. The number of halogens is 1. The van der Waals surface area contributed by atoms with Gasteiger partial charge in [-0.15, -0.1) is 11.6 Å². The molecule has 0 spiro atoms. The number of carbonyl (C=O) groups excluding carboxylic acids is 1. The molecular formula is C23H30ClN5O4S. The fraction of sp³-hybridized carbons (Fsp3) is 0.478. The zero-order valence-corrected chi connectivity index (χ0v) is 20.4. The molecule has 1 saturated carbocycles. The Morgan fingerprint density at radius 1 is 1.15 bits per heavy atom. The van der Waals surface area contributed by atoms with E-state index in [2.05, 4.69) is 25.2 Å². The summed E-state index contributed by atoms with van der Waals surface area (Å²) >= 11 is 6.65. The molecule has 2 aliphatic rings. The Morgan fingerprint density at radius 2 is 1.91 bits per heavy atom. The molecule has 1 aliphatic carbocycles. The van der Waals surface area contributed by atoms with Crippen LogP contribution in [0.2, 0.25) is 0 Å². The quantitative estimate of drug-likeness (QED) is 0.496. The highest BCUT2D eigenvalue weighted by atomic mass is 35.5. The van der Waals surface area contributed by atoms with Gasteiger partial charge in [0.15, 0.2) is 0 Å². The predicted octanol–water partition coefficient (Wildman–Crippen LogP) is 2.54. The average Bonchev–Trinajstić information content (AvgIpc) is 2.84. The van der Waals surface area contributed by atoms with E-state index in [1.165, 1.54) is 12.1 Å². The lowest BCUT2D eigenvalue weighted by Gasteiger charge is -2.41. The number of carbonyl (C=O) groups is 1. The SMILES string of the molecule is O=C(NCc1cccnc1)Nc1ccc(S(=O)(=O)NC2CCC(N3CCOCC3)C(Cl)C2)cc1. The number of alkyl halides is 1. The van der Waals surface area contributed by atoms with Crippen LogP contribution in [0.25, 0.3) is 0 Å². The number of hydrogen-bond acceptors (Lipinski definition) is 6. The molecule has 2 heterocycles. The van der Waals surface area contributed by atoms with Crippen LogP contribution in [0, 0.1) is 0 Å². The number of hydrogen-bond donors (Lipinski definition) is 3. The lowest BCUT2D eigenvalue weighted by Crippen LogP contribution is -2.52. The highest BCUT2D eigenvalue weighted by Gasteiger charge is 2.35. The molecule has 4 rings (SSSR count). The number of rotatable bonds is 7. The first-order valence-electron chi connectivity index (χ1n) is 11.4. The molecule has 1 aromatic carbocycles. The largest absolute Gasteiger partial charge is 0.379 e. The van der Waals surface area contributed by atoms with Crippen LogP contribution >= 0.6 is 11.6 Å². The number of nitrogens with one attached hydrogen (secondary N) is 3. The highest BCUT2D eigenvalue weighted by Crippen LogP contribution is 2.29. The minimum atomic E-state index is -3.69. The molecule has 3 unspecified atom stereocenters. The number of nitrogens with zero attached hydrogens (tertiary/aromatic N) is 2. The van der Waals surface area contributed by atoms with Crippen molar-refractivity contribution in [2.24, 2.45) is 0 Å². The minimum absolute atomic E-state index is 0.115. The first kappa shape index (κ1) is 24.9. The van der Waals surface area contributed by atoms with E-state index in [1.807, 2.05) is 6.07 Å². The lowest BCUT2D eigenvalue weighted by molar-refractivity contribution is 0.00827. The van der Waals surface area contributed by atoms with Gasteiger partial charge in [0.25, 0.3) is 0 Å². The van der Waals surface area contributed by atoms with E-state index in [0.29, 0.717) is 31.9 Å². The first-order chi connectivity index (χ1) is 16.4. The summed E-state index contributed by atoms with van der Waals surface area (Å²) in [7, 11) is -3.69. The Morgan fingerprint density at radius 3 is 2.59 bits per heavy atom. The van der Waals surface area contributed by atoms with Crippen molar-refractivity contribution in [1.82, 2.24) is 19.9 Å². The van der Waals surface area contributed by atoms with E-state index < -0.39 is 10.0 Å². The van der Waals surface area contributed by atoms with Crippen molar-refractivity contribution in [3.8, 4) is 0 Å². The first-order valence-corrected chi connectivity index (χ1v) is 13.3. The molecule has 11 heteroatoms. The summed E-state index contributed by atoms with van der Waals surface area (Å²) in [5, 5.41) is 5.32. The topological polar surface area (TPSA) is 113 Å². The van der Waals surface area contributed by atoms with Crippen molar-refractivity contribution in [2.75, 3.05) is 31.6 Å². The van der Waals surface area contributed by atoms with Crippen LogP contribution in [0.15, 0.2) is 53.7 Å². The third-order valence-corrected chi connectivity index (χ3v) is 8.18. The van der Waals surface area contributed by atoms with E-state index in [1.54, 1.807) is 30.6 Å². The van der Waals surface area contributed by atoms with Crippen LogP contribution in [0.4, 0.5) is 10.5 Å². The van der Waals surface area contributed by atoms with Crippen molar-refractivity contribution in [3.63, 3.8) is 0 Å². The molecule has 1 aromatic heterocycles. The highest BCUT2D eigenvalue weighted by molar-refractivity contribution is 7.89. The monoisotopic (exact) mass is 507 g/mol. The van der Waals surface area contributed by atoms with E-state index in [0.717, 1.165) is 31.5 Å². The maximum Gasteiger partial charge on any atom is 0.319 e. The van der Waals surface area contributed by atoms with Crippen molar-refractivity contribution >= 4 is 33.3 Å². The molecule has 1 saturated heterocycles. The van der Waals surface area contributed by atoms with E-state index in [9.17, 15) is 13.2 Å². The fourth-order valence-electron chi connectivity index (χ4n) is 4.39. The Balaban J connectivity index is 1.27. The zero-order valence-electron chi connectivity index (χ0n) is 18.8. The molecule has 184 valence electrons. The molecule has 3 N–H and O–H groups in total. The van der Waals surface area contributed by atoms with E-state index in [4.69, 9.17) is 16.3 Å². The second-order valence-electron chi connectivity index (χ2n) is 8.56. The number of aromatic nitrogens is 1. The summed E-state index contributed by atoms with van der Waals surface area (Å²) in [5.41, 5.74) is 1.37. The summed E-state index contributed by atoms with van der Waals surface area (Å²) in [5.74, 6) is 0. The summed E-state index contributed by atoms with van der Waals surface area (Å²) in [6.45, 7) is 3.50. The third kappa shape index (κ3) is 6.67. The number of ether oxygens (including phenoxy) is 1. The Bertz CT molecular complexity index is 1050. The Hall–Kier alpha value is -2.24. The van der Waals surface area contributed by atoms with Gasteiger partial charge >= 0.3 is 6.03 Å². The maximum absolute atomic E-state index is 12.9. The van der Waals surface area contributed by atoms with Crippen LogP contribution < -0.4 is 15.4 Å². The summed E-state index contributed by atoms with van der Waals surface area (Å²) in [6, 6.07) is 9.42. The lowest BCUT2D eigenvalue weighted by atomic mass is 9.90. The predicted molar refractivity (Wildman–Crippen MR) is 130 cm³/mol. The number of pyridine rings is 1. The van der Waals surface area contributed by atoms with Gasteiger partial charge < -0.3 is 15.4 Å². The number of morpholine rings is 1. The van der Waals surface area contributed by atoms with Gasteiger partial charge in [-0.3, -0.25) is 9.88 Å². The molecule has 2 amide bonds. The molecule has 0 bridgehead atoms. The van der Waals surface area contributed by atoms with Crippen LogP contribution in [0.5, 0.6) is 0 Å². The number of benzene rings is 1. The molecule has 2 aromatic rings. The molecule has 2 fully saturated rings. The van der Waals surface area contributed by atoms with Gasteiger partial charge in [0, 0.05) is 49.8 Å². The van der Waals surface area contributed by atoms with Crippen LogP contribution in [-0.4, -0.2) is 68.1 Å². The second-order valence-corrected chi connectivity index (χ2v) is 10.8.